The largest absolute Gasteiger partial charge is 0.460 e. The van der Waals surface area contributed by atoms with E-state index in [0.29, 0.717) is 25.6 Å². The summed E-state index contributed by atoms with van der Waals surface area (Å²) in [5.74, 6) is 1.61. The Kier molecular flexibility index (Phi) is 5.56. The molecule has 5 nitrogen and oxygen atoms in total. The lowest BCUT2D eigenvalue weighted by Crippen LogP contribution is -2.50. The summed E-state index contributed by atoms with van der Waals surface area (Å²) in [6, 6.07) is 10.1. The number of ether oxygens (including phenoxy) is 1. The molecule has 1 amide bonds. The van der Waals surface area contributed by atoms with Crippen LogP contribution in [0.5, 0.6) is 0 Å². The predicted octanol–water partition coefficient (Wildman–Crippen LogP) is 3.33. The van der Waals surface area contributed by atoms with Gasteiger partial charge in [0.25, 0.3) is 0 Å². The van der Waals surface area contributed by atoms with E-state index >= 15 is 0 Å². The third-order valence-electron chi connectivity index (χ3n) is 5.59. The molecule has 5 heteroatoms. The number of hydrogen-bond acceptors (Lipinski definition) is 4. The van der Waals surface area contributed by atoms with Gasteiger partial charge >= 0.3 is 0 Å². The number of furan rings is 1. The minimum atomic E-state index is -0.378. The summed E-state index contributed by atoms with van der Waals surface area (Å²) in [5.41, 5.74) is 0.914. The summed E-state index contributed by atoms with van der Waals surface area (Å²) < 4.78 is 11.6. The molecule has 4 rings (SSSR count). The van der Waals surface area contributed by atoms with Crippen molar-refractivity contribution in [1.29, 1.82) is 0 Å². The van der Waals surface area contributed by atoms with Gasteiger partial charge in [0.05, 0.1) is 13.2 Å². The molecule has 2 fully saturated rings. The molecule has 1 saturated carbocycles. The number of carbonyl (C=O) groups is 1. The minimum Gasteiger partial charge on any atom is -0.460 e. The van der Waals surface area contributed by atoms with E-state index in [1.807, 2.05) is 18.2 Å². The number of para-hydroxylation sites is 1. The normalized spacial score (nSPS) is 22.5. The van der Waals surface area contributed by atoms with E-state index in [1.165, 1.54) is 32.1 Å². The van der Waals surface area contributed by atoms with Gasteiger partial charge in [-0.3, -0.25) is 9.69 Å². The fourth-order valence-electron chi connectivity index (χ4n) is 4.09. The molecule has 1 aliphatic heterocycles. The maximum atomic E-state index is 12.5. The van der Waals surface area contributed by atoms with Gasteiger partial charge in [-0.05, 0) is 30.9 Å². The Balaban J connectivity index is 1.29. The molecular weight excluding hydrogens is 328 g/mol. The summed E-state index contributed by atoms with van der Waals surface area (Å²) in [7, 11) is 0. The van der Waals surface area contributed by atoms with Crippen molar-refractivity contribution in [3.63, 3.8) is 0 Å². The van der Waals surface area contributed by atoms with Crippen molar-refractivity contribution < 1.29 is 13.9 Å². The first-order valence-electron chi connectivity index (χ1n) is 9.87. The van der Waals surface area contributed by atoms with Crippen LogP contribution in [-0.2, 0) is 16.1 Å². The Morgan fingerprint density at radius 3 is 2.88 bits per heavy atom. The van der Waals surface area contributed by atoms with Crippen LogP contribution in [0.2, 0.25) is 0 Å². The highest BCUT2D eigenvalue weighted by molar-refractivity contribution is 5.81. The molecule has 2 aliphatic rings. The Bertz CT molecular complexity index is 703. The third-order valence-corrected chi connectivity index (χ3v) is 5.59. The fraction of sp³-hybridized carbons (Fsp3) is 0.571. The van der Waals surface area contributed by atoms with E-state index in [4.69, 9.17) is 9.15 Å². The van der Waals surface area contributed by atoms with E-state index in [1.54, 1.807) is 0 Å². The highest BCUT2D eigenvalue weighted by atomic mass is 16.5. The zero-order valence-corrected chi connectivity index (χ0v) is 15.3. The van der Waals surface area contributed by atoms with Gasteiger partial charge in [0.1, 0.15) is 17.4 Å². The van der Waals surface area contributed by atoms with Gasteiger partial charge in [-0.15, -0.1) is 0 Å². The van der Waals surface area contributed by atoms with Gasteiger partial charge in [-0.2, -0.15) is 0 Å². The Hall–Kier alpha value is -1.85. The number of fused-ring (bicyclic) bond motifs is 1. The lowest BCUT2D eigenvalue weighted by molar-refractivity contribution is -0.139. The molecule has 1 N–H and O–H groups in total. The number of nitrogens with zero attached hydrogens (tertiary/aromatic N) is 1. The number of benzene rings is 1. The van der Waals surface area contributed by atoms with Crippen LogP contribution in [0, 0.1) is 5.92 Å². The second kappa shape index (κ2) is 8.23. The van der Waals surface area contributed by atoms with Gasteiger partial charge in [-0.25, -0.2) is 0 Å². The first-order chi connectivity index (χ1) is 12.8. The summed E-state index contributed by atoms with van der Waals surface area (Å²) in [5, 5.41) is 4.24. The van der Waals surface area contributed by atoms with E-state index in [0.717, 1.165) is 29.8 Å². The summed E-state index contributed by atoms with van der Waals surface area (Å²) >= 11 is 0. The van der Waals surface area contributed by atoms with Crippen LogP contribution in [0.1, 0.15) is 37.9 Å². The Morgan fingerprint density at radius 2 is 2.04 bits per heavy atom. The first-order valence-corrected chi connectivity index (χ1v) is 9.87. The number of nitrogens with one attached hydrogen (secondary N) is 1. The van der Waals surface area contributed by atoms with Crippen LogP contribution in [0.25, 0.3) is 11.0 Å². The number of rotatable bonds is 5. The average Bonchev–Trinajstić information content (AvgIpc) is 3.09. The molecule has 1 saturated heterocycles. The van der Waals surface area contributed by atoms with Gasteiger partial charge in [-0.1, -0.05) is 37.5 Å². The van der Waals surface area contributed by atoms with Crippen molar-refractivity contribution in [2.24, 2.45) is 5.92 Å². The smallest absolute Gasteiger partial charge is 0.250 e. The molecule has 2 heterocycles. The van der Waals surface area contributed by atoms with Crippen LogP contribution in [0.15, 0.2) is 34.7 Å². The lowest BCUT2D eigenvalue weighted by Gasteiger charge is -2.32. The molecule has 0 unspecified atom stereocenters. The zero-order valence-electron chi connectivity index (χ0n) is 15.3. The molecule has 1 aromatic carbocycles. The standard InChI is InChI=1S/C21H28N2O3/c24-21(22-13-16-6-2-1-3-7-16)20-15-23(10-11-25-20)14-18-12-17-8-4-5-9-19(17)26-18/h4-5,8-9,12,16,20H,1-3,6-7,10-11,13-15H2,(H,22,24)/t20-/m1/s1. The van der Waals surface area contributed by atoms with Gasteiger partial charge in [0, 0.05) is 25.0 Å². The summed E-state index contributed by atoms with van der Waals surface area (Å²) in [6.45, 7) is 3.53. The zero-order chi connectivity index (χ0) is 17.8. The van der Waals surface area contributed by atoms with Crippen LogP contribution < -0.4 is 5.32 Å². The molecular formula is C21H28N2O3. The van der Waals surface area contributed by atoms with Gasteiger partial charge in [0.15, 0.2) is 0 Å². The third kappa shape index (κ3) is 4.27. The summed E-state index contributed by atoms with van der Waals surface area (Å²) in [6.07, 6.45) is 6.04. The van der Waals surface area contributed by atoms with Crippen molar-refractivity contribution >= 4 is 16.9 Å². The van der Waals surface area contributed by atoms with Crippen molar-refractivity contribution in [3.05, 3.63) is 36.1 Å². The van der Waals surface area contributed by atoms with Gasteiger partial charge in [0.2, 0.25) is 5.91 Å². The monoisotopic (exact) mass is 356 g/mol. The van der Waals surface area contributed by atoms with E-state index in [9.17, 15) is 4.79 Å². The number of carbonyl (C=O) groups excluding carboxylic acids is 1. The van der Waals surface area contributed by atoms with Crippen LogP contribution in [0.3, 0.4) is 0 Å². The number of amides is 1. The lowest BCUT2D eigenvalue weighted by atomic mass is 9.89. The quantitative estimate of drug-likeness (QED) is 0.893. The van der Waals surface area contributed by atoms with Gasteiger partial charge < -0.3 is 14.5 Å². The van der Waals surface area contributed by atoms with Crippen molar-refractivity contribution in [3.8, 4) is 0 Å². The van der Waals surface area contributed by atoms with E-state index in [2.05, 4.69) is 22.3 Å². The molecule has 1 aromatic heterocycles. The van der Waals surface area contributed by atoms with E-state index in [-0.39, 0.29) is 12.0 Å². The molecule has 140 valence electrons. The van der Waals surface area contributed by atoms with Crippen LogP contribution in [-0.4, -0.2) is 43.2 Å². The second-order valence-corrected chi connectivity index (χ2v) is 7.59. The number of hydrogen-bond donors (Lipinski definition) is 1. The highest BCUT2D eigenvalue weighted by Gasteiger charge is 2.27. The first kappa shape index (κ1) is 17.6. The second-order valence-electron chi connectivity index (χ2n) is 7.59. The summed E-state index contributed by atoms with van der Waals surface area (Å²) in [4.78, 5) is 14.7. The molecule has 26 heavy (non-hydrogen) atoms. The van der Waals surface area contributed by atoms with Crippen molar-refractivity contribution in [2.45, 2.75) is 44.8 Å². The molecule has 2 aromatic rings. The van der Waals surface area contributed by atoms with Crippen molar-refractivity contribution in [2.75, 3.05) is 26.2 Å². The SMILES string of the molecule is O=C(NCC1CCCCC1)[C@H]1CN(Cc2cc3ccccc3o2)CCO1. The molecule has 0 spiro atoms. The molecule has 0 radical (unpaired) electrons. The van der Waals surface area contributed by atoms with Crippen LogP contribution in [0.4, 0.5) is 0 Å². The minimum absolute atomic E-state index is 0.0323. The Morgan fingerprint density at radius 1 is 1.19 bits per heavy atom. The fourth-order valence-corrected chi connectivity index (χ4v) is 4.09. The van der Waals surface area contributed by atoms with Crippen molar-refractivity contribution in [1.82, 2.24) is 10.2 Å². The number of morpholine rings is 1. The predicted molar refractivity (Wildman–Crippen MR) is 101 cm³/mol. The van der Waals surface area contributed by atoms with E-state index < -0.39 is 0 Å². The topological polar surface area (TPSA) is 54.7 Å². The molecule has 1 atom stereocenters. The average molecular weight is 356 g/mol. The maximum Gasteiger partial charge on any atom is 0.250 e. The highest BCUT2D eigenvalue weighted by Crippen LogP contribution is 2.23. The van der Waals surface area contributed by atoms with Crippen LogP contribution >= 0.6 is 0 Å². The Labute approximate surface area is 154 Å². The molecule has 0 bridgehead atoms. The maximum absolute atomic E-state index is 12.5. The molecule has 1 aliphatic carbocycles.